The van der Waals surface area contributed by atoms with Gasteiger partial charge in [-0.25, -0.2) is 4.79 Å². The van der Waals surface area contributed by atoms with Crippen molar-refractivity contribution in [2.45, 2.75) is 13.3 Å². The number of urea groups is 1. The molecule has 1 N–H and O–H groups in total. The summed E-state index contributed by atoms with van der Waals surface area (Å²) in [5, 5.41) is 8.92. The van der Waals surface area contributed by atoms with Crippen molar-refractivity contribution in [3.63, 3.8) is 0 Å². The van der Waals surface area contributed by atoms with Crippen LogP contribution in [-0.2, 0) is 9.59 Å². The average Bonchev–Trinajstić information content (AvgIpc) is 2.87. The molecule has 2 aliphatic heterocycles. The minimum Gasteiger partial charge on any atom is -0.481 e. The van der Waals surface area contributed by atoms with E-state index in [2.05, 4.69) is 0 Å². The molecule has 3 amide bonds. The van der Waals surface area contributed by atoms with Gasteiger partial charge in [0.25, 0.3) is 0 Å². The van der Waals surface area contributed by atoms with Crippen LogP contribution in [-0.4, -0.2) is 77.0 Å². The molecule has 106 valence electrons. The van der Waals surface area contributed by atoms with E-state index in [0.29, 0.717) is 45.7 Å². The maximum atomic E-state index is 12.2. The van der Waals surface area contributed by atoms with Crippen molar-refractivity contribution in [2.75, 3.05) is 39.3 Å². The summed E-state index contributed by atoms with van der Waals surface area (Å²) in [4.78, 5) is 39.3. The van der Waals surface area contributed by atoms with Crippen molar-refractivity contribution in [1.29, 1.82) is 0 Å². The zero-order chi connectivity index (χ0) is 14.0. The highest BCUT2D eigenvalue weighted by Gasteiger charge is 2.34. The molecule has 2 fully saturated rings. The summed E-state index contributed by atoms with van der Waals surface area (Å²) in [5.41, 5.74) is 0. The Morgan fingerprint density at radius 3 is 2.00 bits per heavy atom. The number of nitrogens with zero attached hydrogens (tertiary/aromatic N) is 3. The number of hydrogen-bond donors (Lipinski definition) is 1. The smallest absolute Gasteiger partial charge is 0.320 e. The van der Waals surface area contributed by atoms with Gasteiger partial charge in [0.05, 0.1) is 5.92 Å². The van der Waals surface area contributed by atoms with E-state index in [-0.39, 0.29) is 11.9 Å². The molecule has 0 aromatic heterocycles. The van der Waals surface area contributed by atoms with Crippen molar-refractivity contribution >= 4 is 17.9 Å². The molecule has 2 rings (SSSR count). The van der Waals surface area contributed by atoms with E-state index in [1.807, 2.05) is 0 Å². The second-order valence-electron chi connectivity index (χ2n) is 5.05. The number of likely N-dealkylation sites (tertiary alicyclic amines) is 1. The van der Waals surface area contributed by atoms with E-state index in [0.717, 1.165) is 0 Å². The Kier molecular flexibility index (Phi) is 3.92. The SMILES string of the molecule is CC(=O)N1CCN(C(=O)N2CCC(C(=O)O)C2)CC1. The third kappa shape index (κ3) is 2.97. The van der Waals surface area contributed by atoms with Gasteiger partial charge in [-0.2, -0.15) is 0 Å². The van der Waals surface area contributed by atoms with Crippen LogP contribution in [0.5, 0.6) is 0 Å². The normalized spacial score (nSPS) is 23.6. The van der Waals surface area contributed by atoms with Crippen molar-refractivity contribution in [3.8, 4) is 0 Å². The van der Waals surface area contributed by atoms with E-state index in [1.54, 1.807) is 14.7 Å². The lowest BCUT2D eigenvalue weighted by atomic mass is 10.1. The molecular formula is C12H19N3O4. The molecule has 0 radical (unpaired) electrons. The first kappa shape index (κ1) is 13.6. The van der Waals surface area contributed by atoms with Crippen LogP contribution < -0.4 is 0 Å². The highest BCUT2D eigenvalue weighted by molar-refractivity contribution is 5.78. The van der Waals surface area contributed by atoms with Crippen LogP contribution in [0.1, 0.15) is 13.3 Å². The molecule has 0 aromatic carbocycles. The van der Waals surface area contributed by atoms with Gasteiger partial charge in [0.1, 0.15) is 0 Å². The van der Waals surface area contributed by atoms with Gasteiger partial charge in [0, 0.05) is 46.2 Å². The lowest BCUT2D eigenvalue weighted by Gasteiger charge is -2.36. The summed E-state index contributed by atoms with van der Waals surface area (Å²) in [5.74, 6) is -1.25. The zero-order valence-corrected chi connectivity index (χ0v) is 11.0. The highest BCUT2D eigenvalue weighted by atomic mass is 16.4. The number of rotatable bonds is 1. The van der Waals surface area contributed by atoms with E-state index < -0.39 is 11.9 Å². The Hall–Kier alpha value is -1.79. The summed E-state index contributed by atoms with van der Waals surface area (Å²) in [6, 6.07) is -0.105. The molecule has 1 unspecified atom stereocenters. The van der Waals surface area contributed by atoms with Crippen molar-refractivity contribution < 1.29 is 19.5 Å². The van der Waals surface area contributed by atoms with Crippen molar-refractivity contribution in [3.05, 3.63) is 0 Å². The predicted octanol–water partition coefficient (Wildman–Crippen LogP) is -0.323. The first-order valence-electron chi connectivity index (χ1n) is 6.51. The van der Waals surface area contributed by atoms with Crippen molar-refractivity contribution in [2.24, 2.45) is 5.92 Å². The second kappa shape index (κ2) is 5.46. The molecular weight excluding hydrogens is 250 g/mol. The predicted molar refractivity (Wildman–Crippen MR) is 66.5 cm³/mol. The molecule has 0 saturated carbocycles. The van der Waals surface area contributed by atoms with Crippen LogP contribution in [0.25, 0.3) is 0 Å². The van der Waals surface area contributed by atoms with Gasteiger partial charge in [0.15, 0.2) is 0 Å². The van der Waals surface area contributed by atoms with Crippen molar-refractivity contribution in [1.82, 2.24) is 14.7 Å². The zero-order valence-electron chi connectivity index (χ0n) is 11.0. The van der Waals surface area contributed by atoms with E-state index in [4.69, 9.17) is 5.11 Å². The quantitative estimate of drug-likeness (QED) is 0.707. The van der Waals surface area contributed by atoms with Gasteiger partial charge in [-0.05, 0) is 6.42 Å². The van der Waals surface area contributed by atoms with Gasteiger partial charge in [0.2, 0.25) is 5.91 Å². The summed E-state index contributed by atoms with van der Waals surface area (Å²) in [7, 11) is 0. The Bertz CT molecular complexity index is 390. The van der Waals surface area contributed by atoms with E-state index in [9.17, 15) is 14.4 Å². The summed E-state index contributed by atoms with van der Waals surface area (Å²) >= 11 is 0. The van der Waals surface area contributed by atoms with Crippen LogP contribution in [0.4, 0.5) is 4.79 Å². The summed E-state index contributed by atoms with van der Waals surface area (Å²) < 4.78 is 0. The van der Waals surface area contributed by atoms with Gasteiger partial charge < -0.3 is 19.8 Å². The second-order valence-corrected chi connectivity index (χ2v) is 5.05. The number of carbonyl (C=O) groups is 3. The third-order valence-electron chi connectivity index (χ3n) is 3.80. The molecule has 2 aliphatic rings. The largest absolute Gasteiger partial charge is 0.481 e. The fraction of sp³-hybridized carbons (Fsp3) is 0.750. The summed E-state index contributed by atoms with van der Waals surface area (Å²) in [6.07, 6.45) is 0.522. The number of carbonyl (C=O) groups excluding carboxylic acids is 2. The first-order valence-corrected chi connectivity index (χ1v) is 6.51. The maximum Gasteiger partial charge on any atom is 0.320 e. The number of carboxylic acid groups (broad SMARTS) is 1. The lowest BCUT2D eigenvalue weighted by Crippen LogP contribution is -2.53. The third-order valence-corrected chi connectivity index (χ3v) is 3.80. The van der Waals surface area contributed by atoms with E-state index >= 15 is 0 Å². The Balaban J connectivity index is 1.85. The van der Waals surface area contributed by atoms with Gasteiger partial charge in [-0.1, -0.05) is 0 Å². The molecule has 7 nitrogen and oxygen atoms in total. The highest BCUT2D eigenvalue weighted by Crippen LogP contribution is 2.18. The van der Waals surface area contributed by atoms with Crippen LogP contribution >= 0.6 is 0 Å². The van der Waals surface area contributed by atoms with Gasteiger partial charge in [-0.3, -0.25) is 9.59 Å². The number of carboxylic acids is 1. The van der Waals surface area contributed by atoms with Crippen LogP contribution in [0.2, 0.25) is 0 Å². The molecule has 0 aliphatic carbocycles. The minimum atomic E-state index is -0.836. The fourth-order valence-corrected chi connectivity index (χ4v) is 2.55. The van der Waals surface area contributed by atoms with Crippen LogP contribution in [0.15, 0.2) is 0 Å². The van der Waals surface area contributed by atoms with Gasteiger partial charge >= 0.3 is 12.0 Å². The molecule has 0 spiro atoms. The Morgan fingerprint density at radius 2 is 1.53 bits per heavy atom. The molecule has 0 bridgehead atoms. The number of amides is 3. The standard InChI is InChI=1S/C12H19N3O4/c1-9(16)13-4-6-14(7-5-13)12(19)15-3-2-10(8-15)11(17)18/h10H,2-8H2,1H3,(H,17,18). The maximum absolute atomic E-state index is 12.2. The minimum absolute atomic E-state index is 0.0270. The monoisotopic (exact) mass is 269 g/mol. The number of hydrogen-bond acceptors (Lipinski definition) is 3. The molecule has 7 heteroatoms. The molecule has 2 heterocycles. The molecule has 1 atom stereocenters. The fourth-order valence-electron chi connectivity index (χ4n) is 2.55. The number of piperazine rings is 1. The van der Waals surface area contributed by atoms with E-state index in [1.165, 1.54) is 6.92 Å². The summed E-state index contributed by atoms with van der Waals surface area (Å²) in [6.45, 7) is 4.47. The lowest BCUT2D eigenvalue weighted by molar-refractivity contribution is -0.141. The van der Waals surface area contributed by atoms with Crippen LogP contribution in [0, 0.1) is 5.92 Å². The Labute approximate surface area is 111 Å². The van der Waals surface area contributed by atoms with Gasteiger partial charge in [-0.15, -0.1) is 0 Å². The Morgan fingerprint density at radius 1 is 0.947 bits per heavy atom. The first-order chi connectivity index (χ1) is 8.99. The molecule has 2 saturated heterocycles. The number of aliphatic carboxylic acids is 1. The topological polar surface area (TPSA) is 81.2 Å². The van der Waals surface area contributed by atoms with Crippen LogP contribution in [0.3, 0.4) is 0 Å². The molecule has 19 heavy (non-hydrogen) atoms. The molecule has 0 aromatic rings. The average molecular weight is 269 g/mol.